The Morgan fingerprint density at radius 3 is 2.71 bits per heavy atom. The molecule has 1 aromatic rings. The fourth-order valence-corrected chi connectivity index (χ4v) is 1.53. The second kappa shape index (κ2) is 4.96. The van der Waals surface area contributed by atoms with Crippen LogP contribution in [0, 0.1) is 6.92 Å². The van der Waals surface area contributed by atoms with Crippen LogP contribution in [0.15, 0.2) is 18.3 Å². The molecule has 0 radical (unpaired) electrons. The summed E-state index contributed by atoms with van der Waals surface area (Å²) >= 11 is 0. The Morgan fingerprint density at radius 1 is 1.50 bits per heavy atom. The van der Waals surface area contributed by atoms with Gasteiger partial charge in [-0.1, -0.05) is 0 Å². The van der Waals surface area contributed by atoms with Crippen molar-refractivity contribution in [3.63, 3.8) is 0 Å². The third-order valence-corrected chi connectivity index (χ3v) is 2.21. The van der Waals surface area contributed by atoms with Crippen molar-refractivity contribution in [2.75, 3.05) is 18.0 Å². The van der Waals surface area contributed by atoms with Gasteiger partial charge in [0.1, 0.15) is 0 Å². The molecule has 0 unspecified atom stereocenters. The molecule has 1 rings (SSSR count). The normalized spacial score (nSPS) is 10.6. The van der Waals surface area contributed by atoms with E-state index in [2.05, 4.69) is 29.8 Å². The lowest BCUT2D eigenvalue weighted by Crippen LogP contribution is -2.35. The van der Waals surface area contributed by atoms with Crippen LogP contribution in [0.4, 0.5) is 5.69 Å². The average molecular weight is 193 g/mol. The van der Waals surface area contributed by atoms with Crippen LogP contribution in [-0.2, 0) is 0 Å². The number of pyridine rings is 1. The molecule has 2 N–H and O–H groups in total. The van der Waals surface area contributed by atoms with Gasteiger partial charge in [0.05, 0.1) is 0 Å². The van der Waals surface area contributed by atoms with Gasteiger partial charge in [-0.3, -0.25) is 4.98 Å². The molecule has 3 nitrogen and oxygen atoms in total. The Bertz CT molecular complexity index is 284. The topological polar surface area (TPSA) is 42.1 Å². The minimum absolute atomic E-state index is 0.473. The molecule has 0 atom stereocenters. The van der Waals surface area contributed by atoms with Crippen LogP contribution in [0.2, 0.25) is 0 Å². The third-order valence-electron chi connectivity index (χ3n) is 2.21. The van der Waals surface area contributed by atoms with Gasteiger partial charge in [0.15, 0.2) is 0 Å². The van der Waals surface area contributed by atoms with E-state index in [1.165, 1.54) is 5.69 Å². The molecule has 0 aromatic carbocycles. The first-order valence-corrected chi connectivity index (χ1v) is 5.04. The Morgan fingerprint density at radius 2 is 2.21 bits per heavy atom. The third kappa shape index (κ3) is 2.70. The van der Waals surface area contributed by atoms with E-state index in [1.807, 2.05) is 19.2 Å². The molecule has 0 saturated heterocycles. The number of rotatable bonds is 4. The van der Waals surface area contributed by atoms with Gasteiger partial charge in [-0.15, -0.1) is 0 Å². The van der Waals surface area contributed by atoms with Gasteiger partial charge < -0.3 is 10.6 Å². The van der Waals surface area contributed by atoms with Crippen molar-refractivity contribution in [1.82, 2.24) is 4.98 Å². The molecule has 3 heteroatoms. The lowest BCUT2D eigenvalue weighted by Gasteiger charge is -2.28. The molecular formula is C11H19N3. The number of aromatic nitrogens is 1. The number of hydrogen-bond donors (Lipinski definition) is 1. The SMILES string of the molecule is Cc1cc(N(CCN)C(C)C)ccn1. The van der Waals surface area contributed by atoms with Gasteiger partial charge in [-0.2, -0.15) is 0 Å². The van der Waals surface area contributed by atoms with Crippen LogP contribution in [0.3, 0.4) is 0 Å². The molecule has 0 aliphatic carbocycles. The predicted molar refractivity (Wildman–Crippen MR) is 60.5 cm³/mol. The zero-order chi connectivity index (χ0) is 10.6. The lowest BCUT2D eigenvalue weighted by atomic mass is 10.2. The van der Waals surface area contributed by atoms with Gasteiger partial charge in [-0.25, -0.2) is 0 Å². The molecule has 14 heavy (non-hydrogen) atoms. The van der Waals surface area contributed by atoms with Crippen LogP contribution >= 0.6 is 0 Å². The molecule has 0 aliphatic heterocycles. The first-order chi connectivity index (χ1) is 6.65. The van der Waals surface area contributed by atoms with E-state index < -0.39 is 0 Å². The molecule has 78 valence electrons. The summed E-state index contributed by atoms with van der Waals surface area (Å²) in [5.74, 6) is 0. The minimum Gasteiger partial charge on any atom is -0.368 e. The number of nitrogens with two attached hydrogens (primary N) is 1. The highest BCUT2D eigenvalue weighted by molar-refractivity contribution is 5.47. The number of nitrogens with zero attached hydrogens (tertiary/aromatic N) is 2. The van der Waals surface area contributed by atoms with Crippen LogP contribution in [0.25, 0.3) is 0 Å². The molecule has 0 amide bonds. The predicted octanol–water partition coefficient (Wildman–Crippen LogP) is 1.56. The highest BCUT2D eigenvalue weighted by atomic mass is 15.2. The van der Waals surface area contributed by atoms with E-state index in [0.29, 0.717) is 12.6 Å². The van der Waals surface area contributed by atoms with Crippen molar-refractivity contribution in [3.05, 3.63) is 24.0 Å². The second-order valence-corrected chi connectivity index (χ2v) is 3.73. The van der Waals surface area contributed by atoms with Crippen LogP contribution < -0.4 is 10.6 Å². The van der Waals surface area contributed by atoms with Crippen molar-refractivity contribution in [2.45, 2.75) is 26.8 Å². The van der Waals surface area contributed by atoms with E-state index in [1.54, 1.807) is 0 Å². The first kappa shape index (κ1) is 11.0. The van der Waals surface area contributed by atoms with Gasteiger partial charge >= 0.3 is 0 Å². The smallest absolute Gasteiger partial charge is 0.0402 e. The van der Waals surface area contributed by atoms with Crippen LogP contribution in [0.5, 0.6) is 0 Å². The first-order valence-electron chi connectivity index (χ1n) is 5.04. The minimum atomic E-state index is 0.473. The number of anilines is 1. The highest BCUT2D eigenvalue weighted by Gasteiger charge is 2.09. The van der Waals surface area contributed by atoms with Crippen molar-refractivity contribution >= 4 is 5.69 Å². The fourth-order valence-electron chi connectivity index (χ4n) is 1.53. The fraction of sp³-hybridized carbons (Fsp3) is 0.545. The monoisotopic (exact) mass is 193 g/mol. The molecule has 0 bridgehead atoms. The Hall–Kier alpha value is -1.09. The molecule has 0 aliphatic rings. The molecule has 0 spiro atoms. The van der Waals surface area contributed by atoms with E-state index in [-0.39, 0.29) is 0 Å². The molecule has 1 aromatic heterocycles. The van der Waals surface area contributed by atoms with Crippen molar-refractivity contribution < 1.29 is 0 Å². The molecule has 1 heterocycles. The van der Waals surface area contributed by atoms with Gasteiger partial charge in [-0.05, 0) is 32.9 Å². The van der Waals surface area contributed by atoms with Crippen LogP contribution in [-0.4, -0.2) is 24.1 Å². The van der Waals surface area contributed by atoms with Gasteiger partial charge in [0.2, 0.25) is 0 Å². The summed E-state index contributed by atoms with van der Waals surface area (Å²) in [6, 6.07) is 4.60. The second-order valence-electron chi connectivity index (χ2n) is 3.73. The van der Waals surface area contributed by atoms with E-state index in [0.717, 1.165) is 12.2 Å². The molecular weight excluding hydrogens is 174 g/mol. The summed E-state index contributed by atoms with van der Waals surface area (Å²) < 4.78 is 0. The number of hydrogen-bond acceptors (Lipinski definition) is 3. The average Bonchev–Trinajstić information content (AvgIpc) is 2.13. The molecule has 0 saturated carbocycles. The number of aryl methyl sites for hydroxylation is 1. The zero-order valence-corrected chi connectivity index (χ0v) is 9.20. The maximum atomic E-state index is 5.59. The van der Waals surface area contributed by atoms with Gasteiger partial charge in [0.25, 0.3) is 0 Å². The highest BCUT2D eigenvalue weighted by Crippen LogP contribution is 2.16. The Labute approximate surface area is 85.9 Å². The lowest BCUT2D eigenvalue weighted by molar-refractivity contribution is 0.683. The summed E-state index contributed by atoms with van der Waals surface area (Å²) in [6.07, 6.45) is 1.84. The van der Waals surface area contributed by atoms with E-state index in [9.17, 15) is 0 Å². The molecule has 0 fully saturated rings. The maximum Gasteiger partial charge on any atom is 0.0402 e. The maximum absolute atomic E-state index is 5.59. The summed E-state index contributed by atoms with van der Waals surface area (Å²) in [7, 11) is 0. The van der Waals surface area contributed by atoms with E-state index >= 15 is 0 Å². The Balaban J connectivity index is 2.87. The van der Waals surface area contributed by atoms with Gasteiger partial charge in [0, 0.05) is 36.7 Å². The summed E-state index contributed by atoms with van der Waals surface area (Å²) in [5.41, 5.74) is 7.84. The zero-order valence-electron chi connectivity index (χ0n) is 9.20. The quantitative estimate of drug-likeness (QED) is 0.789. The largest absolute Gasteiger partial charge is 0.368 e. The van der Waals surface area contributed by atoms with Crippen molar-refractivity contribution in [1.29, 1.82) is 0 Å². The van der Waals surface area contributed by atoms with Crippen molar-refractivity contribution in [2.24, 2.45) is 5.73 Å². The van der Waals surface area contributed by atoms with Crippen molar-refractivity contribution in [3.8, 4) is 0 Å². The van der Waals surface area contributed by atoms with Crippen LogP contribution in [0.1, 0.15) is 19.5 Å². The summed E-state index contributed by atoms with van der Waals surface area (Å²) in [6.45, 7) is 7.92. The standard InChI is InChI=1S/C11H19N3/c1-9(2)14(7-5-12)11-4-6-13-10(3)8-11/h4,6,8-9H,5,7,12H2,1-3H3. The summed E-state index contributed by atoms with van der Waals surface area (Å²) in [4.78, 5) is 6.47. The summed E-state index contributed by atoms with van der Waals surface area (Å²) in [5, 5.41) is 0. The Kier molecular flexibility index (Phi) is 3.89. The van der Waals surface area contributed by atoms with E-state index in [4.69, 9.17) is 5.73 Å².